The average molecular weight is 662 g/mol. The molecular weight excluding hydrogens is 619 g/mol. The zero-order valence-electron chi connectivity index (χ0n) is 30.3. The van der Waals surface area contributed by atoms with Gasteiger partial charge in [0.2, 0.25) is 0 Å². The summed E-state index contributed by atoms with van der Waals surface area (Å²) in [5.74, 6) is 1.44. The second kappa shape index (κ2) is 10.6. The van der Waals surface area contributed by atoms with Crippen molar-refractivity contribution in [2.24, 2.45) is 0 Å². The van der Waals surface area contributed by atoms with Crippen molar-refractivity contribution in [1.29, 1.82) is 0 Å². The first-order chi connectivity index (χ1) is 24.6. The third-order valence-electron chi connectivity index (χ3n) is 12.4. The number of hydrogen-bond acceptors (Lipinski definition) is 2. The van der Waals surface area contributed by atoms with E-state index in [1.807, 2.05) is 0 Å². The van der Waals surface area contributed by atoms with Crippen molar-refractivity contribution in [1.82, 2.24) is 0 Å². The Bertz CT molecular complexity index is 2490. The summed E-state index contributed by atoms with van der Waals surface area (Å²) in [4.78, 5) is 2.51. The number of ether oxygens (including phenoxy) is 1. The van der Waals surface area contributed by atoms with E-state index in [2.05, 4.69) is 180 Å². The van der Waals surface area contributed by atoms with Crippen LogP contribution in [0.1, 0.15) is 80.8 Å². The van der Waals surface area contributed by atoms with Crippen LogP contribution in [0.2, 0.25) is 0 Å². The maximum atomic E-state index is 6.75. The first-order valence-corrected chi connectivity index (χ1v) is 18.5. The molecule has 2 nitrogen and oxygen atoms in total. The van der Waals surface area contributed by atoms with Gasteiger partial charge in [0.05, 0.1) is 6.04 Å². The SMILES string of the molecule is CC(C)c1ccc(N(c2ccc3c(c2)C(C)(C)c2cc4c(cc2-3)C(C)(C)c2cc3ccccc3cc2-4)C2C=CC=C3c4ccccc4OC32)cc1. The topological polar surface area (TPSA) is 12.5 Å². The van der Waals surface area contributed by atoms with Gasteiger partial charge < -0.3 is 9.64 Å². The quantitative estimate of drug-likeness (QED) is 0.186. The third kappa shape index (κ3) is 4.29. The van der Waals surface area contributed by atoms with Gasteiger partial charge in [0, 0.05) is 33.3 Å². The van der Waals surface area contributed by atoms with E-state index in [-0.39, 0.29) is 23.0 Å². The summed E-state index contributed by atoms with van der Waals surface area (Å²) in [5.41, 5.74) is 17.0. The van der Waals surface area contributed by atoms with E-state index in [4.69, 9.17) is 4.74 Å². The third-order valence-corrected chi connectivity index (χ3v) is 12.4. The second-order valence-corrected chi connectivity index (χ2v) is 16.3. The Hall–Kier alpha value is -5.34. The summed E-state index contributed by atoms with van der Waals surface area (Å²) in [6.07, 6.45) is 6.67. The highest BCUT2D eigenvalue weighted by Gasteiger charge is 2.43. The van der Waals surface area contributed by atoms with Crippen molar-refractivity contribution in [2.45, 2.75) is 70.4 Å². The number of allylic oxidation sites excluding steroid dienone is 2. The van der Waals surface area contributed by atoms with E-state index in [0.717, 1.165) is 5.75 Å². The van der Waals surface area contributed by atoms with E-state index in [0.29, 0.717) is 5.92 Å². The van der Waals surface area contributed by atoms with Crippen molar-refractivity contribution < 1.29 is 4.74 Å². The molecule has 10 rings (SSSR count). The molecule has 51 heavy (non-hydrogen) atoms. The predicted molar refractivity (Wildman–Crippen MR) is 214 cm³/mol. The lowest BCUT2D eigenvalue weighted by atomic mass is 9.79. The first-order valence-electron chi connectivity index (χ1n) is 18.5. The number of rotatable bonds is 4. The van der Waals surface area contributed by atoms with Crippen molar-refractivity contribution in [3.8, 4) is 28.0 Å². The van der Waals surface area contributed by atoms with Crippen LogP contribution in [-0.4, -0.2) is 12.1 Å². The minimum absolute atomic E-state index is 0.0110. The zero-order chi connectivity index (χ0) is 34.8. The maximum absolute atomic E-state index is 6.75. The molecule has 0 saturated carbocycles. The summed E-state index contributed by atoms with van der Waals surface area (Å²) in [5, 5.41) is 2.62. The minimum atomic E-state index is -0.166. The van der Waals surface area contributed by atoms with Crippen LogP contribution < -0.4 is 9.64 Å². The highest BCUT2D eigenvalue weighted by molar-refractivity contribution is 5.96. The molecule has 6 aromatic carbocycles. The van der Waals surface area contributed by atoms with Crippen LogP contribution in [0.15, 0.2) is 133 Å². The summed E-state index contributed by atoms with van der Waals surface area (Å²) < 4.78 is 6.75. The Labute approximate surface area is 301 Å². The van der Waals surface area contributed by atoms with Crippen LogP contribution >= 0.6 is 0 Å². The van der Waals surface area contributed by atoms with Gasteiger partial charge in [0.25, 0.3) is 0 Å². The number of para-hydroxylation sites is 1. The first kappa shape index (κ1) is 30.5. The van der Waals surface area contributed by atoms with Crippen molar-refractivity contribution in [3.05, 3.63) is 167 Å². The second-order valence-electron chi connectivity index (χ2n) is 16.3. The molecule has 0 aromatic heterocycles. The van der Waals surface area contributed by atoms with Gasteiger partial charge in [-0.1, -0.05) is 120 Å². The van der Waals surface area contributed by atoms with Crippen LogP contribution in [0.4, 0.5) is 11.4 Å². The minimum Gasteiger partial charge on any atom is -0.483 e. The molecule has 2 heteroatoms. The Kier molecular flexibility index (Phi) is 6.33. The fourth-order valence-corrected chi connectivity index (χ4v) is 9.49. The van der Waals surface area contributed by atoms with Crippen LogP contribution in [-0.2, 0) is 10.8 Å². The average Bonchev–Trinajstić information content (AvgIpc) is 3.70. The summed E-state index contributed by atoms with van der Waals surface area (Å²) in [7, 11) is 0. The zero-order valence-corrected chi connectivity index (χ0v) is 30.3. The van der Waals surface area contributed by atoms with E-state index < -0.39 is 0 Å². The molecule has 0 amide bonds. The van der Waals surface area contributed by atoms with Gasteiger partial charge in [0.1, 0.15) is 11.9 Å². The molecule has 1 heterocycles. The molecule has 1 aliphatic heterocycles. The van der Waals surface area contributed by atoms with Gasteiger partial charge in [-0.2, -0.15) is 0 Å². The van der Waals surface area contributed by atoms with E-state index in [1.165, 1.54) is 83.4 Å². The van der Waals surface area contributed by atoms with Gasteiger partial charge in [-0.3, -0.25) is 0 Å². The number of hydrogen-bond donors (Lipinski definition) is 0. The van der Waals surface area contributed by atoms with Gasteiger partial charge in [-0.25, -0.2) is 0 Å². The molecule has 2 atom stereocenters. The molecule has 0 fully saturated rings. The van der Waals surface area contributed by atoms with Gasteiger partial charge in [-0.15, -0.1) is 0 Å². The van der Waals surface area contributed by atoms with Gasteiger partial charge in [-0.05, 0) is 121 Å². The molecule has 0 radical (unpaired) electrons. The highest BCUT2D eigenvalue weighted by atomic mass is 16.5. The molecule has 0 spiro atoms. The summed E-state index contributed by atoms with van der Waals surface area (Å²) in [6.45, 7) is 14.1. The van der Waals surface area contributed by atoms with E-state index in [9.17, 15) is 0 Å². The predicted octanol–water partition coefficient (Wildman–Crippen LogP) is 12.5. The lowest BCUT2D eigenvalue weighted by Crippen LogP contribution is -2.42. The molecule has 6 aromatic rings. The lowest BCUT2D eigenvalue weighted by molar-refractivity contribution is 0.258. The van der Waals surface area contributed by atoms with Crippen LogP contribution in [0.25, 0.3) is 38.6 Å². The molecule has 3 aliphatic carbocycles. The maximum Gasteiger partial charge on any atom is 0.149 e. The Morgan fingerprint density at radius 3 is 1.88 bits per heavy atom. The number of fused-ring (bicyclic) bond motifs is 10. The largest absolute Gasteiger partial charge is 0.483 e. The Morgan fingerprint density at radius 2 is 1.16 bits per heavy atom. The highest BCUT2D eigenvalue weighted by Crippen LogP contribution is 2.57. The Balaban J connectivity index is 1.10. The molecule has 2 unspecified atom stereocenters. The van der Waals surface area contributed by atoms with Crippen LogP contribution in [0, 0.1) is 0 Å². The van der Waals surface area contributed by atoms with Crippen molar-refractivity contribution >= 4 is 27.7 Å². The van der Waals surface area contributed by atoms with E-state index >= 15 is 0 Å². The number of benzene rings is 6. The molecule has 4 aliphatic rings. The summed E-state index contributed by atoms with van der Waals surface area (Å²) >= 11 is 0. The molecule has 0 bridgehead atoms. The van der Waals surface area contributed by atoms with Crippen molar-refractivity contribution in [2.75, 3.05) is 4.90 Å². The Morgan fingerprint density at radius 1 is 0.569 bits per heavy atom. The van der Waals surface area contributed by atoms with Gasteiger partial charge >= 0.3 is 0 Å². The van der Waals surface area contributed by atoms with E-state index in [1.54, 1.807) is 0 Å². The normalized spacial score (nSPS) is 19.5. The van der Waals surface area contributed by atoms with Crippen LogP contribution in [0.5, 0.6) is 5.75 Å². The molecule has 0 N–H and O–H groups in total. The fraction of sp³-hybridized carbons (Fsp3) is 0.224. The number of nitrogens with zero attached hydrogens (tertiary/aromatic N) is 1. The smallest absolute Gasteiger partial charge is 0.149 e. The fourth-order valence-electron chi connectivity index (χ4n) is 9.49. The lowest BCUT2D eigenvalue weighted by Gasteiger charge is -2.37. The molecule has 0 saturated heterocycles. The monoisotopic (exact) mass is 661 g/mol. The van der Waals surface area contributed by atoms with Crippen LogP contribution in [0.3, 0.4) is 0 Å². The molecule has 250 valence electrons. The number of anilines is 2. The summed E-state index contributed by atoms with van der Waals surface area (Å²) in [6, 6.07) is 43.5. The van der Waals surface area contributed by atoms with Gasteiger partial charge in [0.15, 0.2) is 0 Å². The molecular formula is C49H43NO. The standard InChI is InChI=1S/C49H43NO/c1-29(2)30-18-20-33(21-19-30)50(45-16-11-15-37-36-14-9-10-17-46(36)51-47(37)45)34-22-23-35-39-27-44-40(28-43(39)49(5,6)42(35)26-34)38-24-31-12-7-8-13-32(31)25-41(38)48(44,3)4/h7-29,45,47H,1-6H3. The van der Waals surface area contributed by atoms with Crippen molar-refractivity contribution in [3.63, 3.8) is 0 Å².